The van der Waals surface area contributed by atoms with Crippen molar-refractivity contribution in [2.75, 3.05) is 6.54 Å². The van der Waals surface area contributed by atoms with Crippen LogP contribution in [-0.2, 0) is 0 Å². The van der Waals surface area contributed by atoms with Crippen LogP contribution in [0.4, 0.5) is 4.39 Å². The first-order valence-electron chi connectivity index (χ1n) is 5.46. The summed E-state index contributed by atoms with van der Waals surface area (Å²) in [6, 6.07) is 3.97. The minimum absolute atomic E-state index is 0.107. The molecule has 86 valence electrons. The van der Waals surface area contributed by atoms with Crippen molar-refractivity contribution < 1.29 is 4.39 Å². The Bertz CT molecular complexity index is 403. The van der Waals surface area contributed by atoms with Gasteiger partial charge in [-0.05, 0) is 44.4 Å². The average Bonchev–Trinajstić information content (AvgIpc) is 2.25. The van der Waals surface area contributed by atoms with E-state index in [0.717, 1.165) is 5.56 Å². The molecule has 0 aliphatic heterocycles. The third kappa shape index (κ3) is 3.08. The van der Waals surface area contributed by atoms with Crippen LogP contribution < -0.4 is 5.32 Å². The third-order valence-corrected chi connectivity index (χ3v) is 2.63. The maximum Gasteiger partial charge on any atom is 0.129 e. The maximum atomic E-state index is 13.4. The van der Waals surface area contributed by atoms with Crippen molar-refractivity contribution in [3.8, 4) is 11.8 Å². The van der Waals surface area contributed by atoms with Gasteiger partial charge in [0.15, 0.2) is 0 Å². The lowest BCUT2D eigenvalue weighted by Crippen LogP contribution is -2.19. The van der Waals surface area contributed by atoms with E-state index in [0.29, 0.717) is 17.7 Å². The molecule has 0 bridgehead atoms. The number of halogens is 1. The Kier molecular flexibility index (Phi) is 4.52. The first kappa shape index (κ1) is 12.7. The quantitative estimate of drug-likeness (QED) is 0.770. The van der Waals surface area contributed by atoms with Crippen molar-refractivity contribution in [3.63, 3.8) is 0 Å². The molecule has 0 fully saturated rings. The van der Waals surface area contributed by atoms with Crippen LogP contribution in [0.2, 0.25) is 0 Å². The molecule has 0 aliphatic carbocycles. The Hall–Kier alpha value is -1.33. The second-order valence-electron chi connectivity index (χ2n) is 4.00. The van der Waals surface area contributed by atoms with Gasteiger partial charge >= 0.3 is 0 Å². The maximum absolute atomic E-state index is 13.4. The van der Waals surface area contributed by atoms with Gasteiger partial charge in [-0.1, -0.05) is 18.1 Å². The van der Waals surface area contributed by atoms with E-state index in [2.05, 4.69) is 24.1 Å². The summed E-state index contributed by atoms with van der Waals surface area (Å²) >= 11 is 0. The molecule has 1 atom stereocenters. The largest absolute Gasteiger partial charge is 0.300 e. The molecule has 0 saturated carbocycles. The second kappa shape index (κ2) is 5.67. The topological polar surface area (TPSA) is 12.0 Å². The second-order valence-corrected chi connectivity index (χ2v) is 4.00. The Morgan fingerprint density at radius 2 is 1.88 bits per heavy atom. The van der Waals surface area contributed by atoms with Crippen molar-refractivity contribution in [1.29, 1.82) is 0 Å². The van der Waals surface area contributed by atoms with Crippen molar-refractivity contribution >= 4 is 0 Å². The number of aryl methyl sites for hydroxylation is 2. The van der Waals surface area contributed by atoms with Gasteiger partial charge in [-0.25, -0.2) is 4.39 Å². The number of benzene rings is 1. The lowest BCUT2D eigenvalue weighted by molar-refractivity contribution is 0.595. The lowest BCUT2D eigenvalue weighted by Gasteiger charge is -2.14. The Morgan fingerprint density at radius 1 is 1.31 bits per heavy atom. The van der Waals surface area contributed by atoms with Gasteiger partial charge in [-0.3, -0.25) is 5.32 Å². The summed E-state index contributed by atoms with van der Waals surface area (Å²) in [4.78, 5) is 0. The van der Waals surface area contributed by atoms with Crippen LogP contribution >= 0.6 is 0 Å². The van der Waals surface area contributed by atoms with Gasteiger partial charge in [0.05, 0.1) is 6.54 Å². The first-order chi connectivity index (χ1) is 7.56. The van der Waals surface area contributed by atoms with E-state index in [-0.39, 0.29) is 11.9 Å². The SMILES string of the molecule is CC#CCNC(C)c1cc(C)c(F)c(C)c1. The Labute approximate surface area is 97.1 Å². The standard InChI is InChI=1S/C14H18FN/c1-5-6-7-16-12(4)13-8-10(2)14(15)11(3)9-13/h8-9,12,16H,7H2,1-4H3. The molecule has 0 spiro atoms. The summed E-state index contributed by atoms with van der Waals surface area (Å²) < 4.78 is 13.4. The van der Waals surface area contributed by atoms with Gasteiger partial charge in [-0.15, -0.1) is 5.92 Å². The first-order valence-corrected chi connectivity index (χ1v) is 5.46. The highest BCUT2D eigenvalue weighted by molar-refractivity contribution is 5.32. The smallest absolute Gasteiger partial charge is 0.129 e. The van der Waals surface area contributed by atoms with E-state index in [9.17, 15) is 4.39 Å². The summed E-state index contributed by atoms with van der Waals surface area (Å²) in [7, 11) is 0. The molecule has 1 nitrogen and oxygen atoms in total. The zero-order valence-electron chi connectivity index (χ0n) is 10.3. The highest BCUT2D eigenvalue weighted by Crippen LogP contribution is 2.19. The molecule has 0 heterocycles. The predicted molar refractivity (Wildman–Crippen MR) is 65.7 cm³/mol. The molecule has 1 N–H and O–H groups in total. The number of rotatable bonds is 3. The van der Waals surface area contributed by atoms with Gasteiger partial charge < -0.3 is 0 Å². The van der Waals surface area contributed by atoms with Crippen LogP contribution in [0.25, 0.3) is 0 Å². The van der Waals surface area contributed by atoms with Crippen molar-refractivity contribution in [1.82, 2.24) is 5.32 Å². The highest BCUT2D eigenvalue weighted by Gasteiger charge is 2.08. The molecule has 0 saturated heterocycles. The van der Waals surface area contributed by atoms with Crippen molar-refractivity contribution in [2.45, 2.75) is 33.7 Å². The molecule has 1 unspecified atom stereocenters. The molecule has 16 heavy (non-hydrogen) atoms. The zero-order valence-corrected chi connectivity index (χ0v) is 10.3. The van der Waals surface area contributed by atoms with E-state index in [1.807, 2.05) is 19.1 Å². The van der Waals surface area contributed by atoms with Crippen LogP contribution in [0.15, 0.2) is 12.1 Å². The lowest BCUT2D eigenvalue weighted by atomic mass is 10.0. The summed E-state index contributed by atoms with van der Waals surface area (Å²) in [5.41, 5.74) is 2.50. The molecule has 0 radical (unpaired) electrons. The fraction of sp³-hybridized carbons (Fsp3) is 0.429. The normalized spacial score (nSPS) is 11.8. The number of hydrogen-bond donors (Lipinski definition) is 1. The van der Waals surface area contributed by atoms with Crippen molar-refractivity contribution in [3.05, 3.63) is 34.6 Å². The van der Waals surface area contributed by atoms with Crippen LogP contribution in [0.1, 0.15) is 36.6 Å². The van der Waals surface area contributed by atoms with E-state index < -0.39 is 0 Å². The van der Waals surface area contributed by atoms with Crippen LogP contribution in [0.3, 0.4) is 0 Å². The van der Waals surface area contributed by atoms with E-state index in [1.165, 1.54) is 0 Å². The van der Waals surface area contributed by atoms with Gasteiger partial charge in [0.25, 0.3) is 0 Å². The van der Waals surface area contributed by atoms with Gasteiger partial charge in [0.2, 0.25) is 0 Å². The monoisotopic (exact) mass is 219 g/mol. The molecular formula is C14H18FN. The third-order valence-electron chi connectivity index (χ3n) is 2.63. The van der Waals surface area contributed by atoms with Crippen LogP contribution in [-0.4, -0.2) is 6.54 Å². The summed E-state index contributed by atoms with van der Waals surface area (Å²) in [6.07, 6.45) is 0. The molecule has 1 aromatic carbocycles. The van der Waals surface area contributed by atoms with Crippen molar-refractivity contribution in [2.24, 2.45) is 0 Å². The molecule has 2 heteroatoms. The molecule has 1 rings (SSSR count). The minimum atomic E-state index is -0.107. The summed E-state index contributed by atoms with van der Waals surface area (Å²) in [5.74, 6) is 5.68. The Balaban J connectivity index is 2.82. The van der Waals surface area contributed by atoms with E-state index in [1.54, 1.807) is 13.8 Å². The van der Waals surface area contributed by atoms with Gasteiger partial charge in [-0.2, -0.15) is 0 Å². The highest BCUT2D eigenvalue weighted by atomic mass is 19.1. The molecular weight excluding hydrogens is 201 g/mol. The zero-order chi connectivity index (χ0) is 12.1. The average molecular weight is 219 g/mol. The summed E-state index contributed by atoms with van der Waals surface area (Å²) in [5, 5.41) is 3.28. The van der Waals surface area contributed by atoms with Gasteiger partial charge in [0, 0.05) is 6.04 Å². The molecule has 0 aromatic heterocycles. The fourth-order valence-corrected chi connectivity index (χ4v) is 1.64. The van der Waals surface area contributed by atoms with E-state index >= 15 is 0 Å². The number of nitrogens with one attached hydrogen (secondary N) is 1. The van der Waals surface area contributed by atoms with E-state index in [4.69, 9.17) is 0 Å². The summed E-state index contributed by atoms with van der Waals surface area (Å²) in [6.45, 7) is 8.13. The Morgan fingerprint density at radius 3 is 2.38 bits per heavy atom. The predicted octanol–water partition coefficient (Wildman–Crippen LogP) is 3.12. The minimum Gasteiger partial charge on any atom is -0.300 e. The molecule has 0 aliphatic rings. The molecule has 0 amide bonds. The molecule has 1 aromatic rings. The van der Waals surface area contributed by atoms with Crippen LogP contribution in [0.5, 0.6) is 0 Å². The van der Waals surface area contributed by atoms with Gasteiger partial charge in [0.1, 0.15) is 5.82 Å². The number of hydrogen-bond acceptors (Lipinski definition) is 1. The fourth-order valence-electron chi connectivity index (χ4n) is 1.64. The van der Waals surface area contributed by atoms with Crippen LogP contribution in [0, 0.1) is 31.5 Å².